The average Bonchev–Trinajstić information content (AvgIpc) is 2.06. The Morgan fingerprint density at radius 1 is 1.38 bits per heavy atom. The fraction of sp³-hybridized carbons (Fsp3) is 0.300. The zero-order valence-electron chi connectivity index (χ0n) is 7.70. The van der Waals surface area contributed by atoms with Gasteiger partial charge in [-0.05, 0) is 26.0 Å². The summed E-state index contributed by atoms with van der Waals surface area (Å²) in [7, 11) is 0. The molecule has 0 spiro atoms. The fourth-order valence-corrected chi connectivity index (χ4v) is 1.49. The number of rotatable bonds is 0. The predicted octanol–water partition coefficient (Wildman–Crippen LogP) is 1.83. The van der Waals surface area contributed by atoms with Crippen molar-refractivity contribution in [3.63, 3.8) is 0 Å². The molecule has 1 aliphatic rings. The molecule has 0 saturated carbocycles. The lowest BCUT2D eigenvalue weighted by Gasteiger charge is -2.20. The van der Waals surface area contributed by atoms with Gasteiger partial charge in [-0.2, -0.15) is 0 Å². The molecule has 1 unspecified atom stereocenters. The third kappa shape index (κ3) is 1.42. The molecular weight excluding hydrogens is 164 g/mol. The van der Waals surface area contributed by atoms with E-state index >= 15 is 0 Å². The zero-order valence-corrected chi connectivity index (χ0v) is 7.70. The third-order valence-corrected chi connectivity index (χ3v) is 2.12. The van der Waals surface area contributed by atoms with E-state index in [0.717, 1.165) is 22.6 Å². The zero-order chi connectivity index (χ0) is 9.42. The molecule has 2 rings (SSSR count). The molecule has 0 amide bonds. The minimum Gasteiger partial charge on any atom is -0.368 e. The van der Waals surface area contributed by atoms with Gasteiger partial charge in [0.25, 0.3) is 0 Å². The van der Waals surface area contributed by atoms with Gasteiger partial charge in [-0.1, -0.05) is 11.6 Å². The van der Waals surface area contributed by atoms with Crippen LogP contribution in [-0.4, -0.2) is 10.9 Å². The lowest BCUT2D eigenvalue weighted by Crippen LogP contribution is -2.17. The topological polar surface area (TPSA) is 44.6 Å². The first-order valence-electron chi connectivity index (χ1n) is 4.27. The molecular formula is C10H12N2O. The maximum absolute atomic E-state index is 9.63. The Kier molecular flexibility index (Phi) is 1.81. The molecule has 1 atom stereocenters. The van der Waals surface area contributed by atoms with Crippen molar-refractivity contribution >= 4 is 11.5 Å². The van der Waals surface area contributed by atoms with Gasteiger partial charge in [-0.25, -0.2) is 4.99 Å². The van der Waals surface area contributed by atoms with Gasteiger partial charge in [-0.15, -0.1) is 0 Å². The number of hydrogen-bond donors (Lipinski definition) is 2. The molecule has 1 aliphatic heterocycles. The Morgan fingerprint density at radius 3 is 2.92 bits per heavy atom. The highest BCUT2D eigenvalue weighted by Gasteiger charge is 2.16. The van der Waals surface area contributed by atoms with E-state index in [1.165, 1.54) is 0 Å². The smallest absolute Gasteiger partial charge is 0.175 e. The van der Waals surface area contributed by atoms with Crippen LogP contribution in [0, 0.1) is 6.92 Å². The van der Waals surface area contributed by atoms with E-state index in [1.54, 1.807) is 0 Å². The molecule has 0 saturated heterocycles. The van der Waals surface area contributed by atoms with Crippen LogP contribution in [0.5, 0.6) is 0 Å². The lowest BCUT2D eigenvalue weighted by atomic mass is 10.1. The second-order valence-electron chi connectivity index (χ2n) is 3.30. The number of anilines is 1. The second-order valence-corrected chi connectivity index (χ2v) is 3.30. The molecule has 3 nitrogen and oxygen atoms in total. The van der Waals surface area contributed by atoms with Gasteiger partial charge in [-0.3, -0.25) is 0 Å². The van der Waals surface area contributed by atoms with Gasteiger partial charge in [0.05, 0.1) is 0 Å². The number of aryl methyl sites for hydroxylation is 1. The van der Waals surface area contributed by atoms with E-state index in [0.29, 0.717) is 0 Å². The molecule has 0 radical (unpaired) electrons. The van der Waals surface area contributed by atoms with Gasteiger partial charge in [0.1, 0.15) is 5.84 Å². The van der Waals surface area contributed by atoms with Crippen molar-refractivity contribution in [3.8, 4) is 0 Å². The molecule has 0 aromatic heterocycles. The number of aliphatic hydroxyl groups is 1. The highest BCUT2D eigenvalue weighted by molar-refractivity contribution is 5.96. The minimum absolute atomic E-state index is 0.712. The molecule has 1 aromatic rings. The van der Waals surface area contributed by atoms with Crippen molar-refractivity contribution in [2.45, 2.75) is 20.1 Å². The summed E-state index contributed by atoms with van der Waals surface area (Å²) in [6, 6.07) is 5.92. The highest BCUT2D eigenvalue weighted by Crippen LogP contribution is 2.28. The first-order valence-corrected chi connectivity index (χ1v) is 4.27. The normalized spacial score (nSPS) is 20.2. The maximum atomic E-state index is 9.63. The standard InChI is InChI=1S/C10H12N2O/c1-6-3-4-9-8(5-6)10(13)12-7(2)11-9/h3-5,10,13H,1-2H3,(H,11,12). The number of amidine groups is 1. The van der Waals surface area contributed by atoms with Crippen molar-refractivity contribution in [1.29, 1.82) is 0 Å². The molecule has 0 bridgehead atoms. The molecule has 13 heavy (non-hydrogen) atoms. The average molecular weight is 176 g/mol. The number of fused-ring (bicyclic) bond motifs is 1. The first-order chi connectivity index (χ1) is 6.16. The second kappa shape index (κ2) is 2.85. The fourth-order valence-electron chi connectivity index (χ4n) is 1.49. The van der Waals surface area contributed by atoms with E-state index in [1.807, 2.05) is 32.0 Å². The van der Waals surface area contributed by atoms with E-state index in [9.17, 15) is 5.11 Å². The van der Waals surface area contributed by atoms with Crippen LogP contribution in [0.3, 0.4) is 0 Å². The van der Waals surface area contributed by atoms with Crippen molar-refractivity contribution in [2.75, 3.05) is 5.32 Å². The van der Waals surface area contributed by atoms with Crippen LogP contribution in [0.4, 0.5) is 5.69 Å². The summed E-state index contributed by atoms with van der Waals surface area (Å²) in [6.45, 7) is 3.84. The summed E-state index contributed by atoms with van der Waals surface area (Å²) >= 11 is 0. The summed E-state index contributed by atoms with van der Waals surface area (Å²) in [5.74, 6) is 0.754. The summed E-state index contributed by atoms with van der Waals surface area (Å²) < 4.78 is 0. The van der Waals surface area contributed by atoms with Crippen LogP contribution in [0.1, 0.15) is 24.3 Å². The van der Waals surface area contributed by atoms with Crippen molar-refractivity contribution in [2.24, 2.45) is 4.99 Å². The number of hydrogen-bond acceptors (Lipinski definition) is 3. The van der Waals surface area contributed by atoms with E-state index in [4.69, 9.17) is 0 Å². The van der Waals surface area contributed by atoms with Gasteiger partial charge in [0.15, 0.2) is 6.23 Å². The Hall–Kier alpha value is -1.35. The molecule has 2 N–H and O–H groups in total. The molecule has 1 aromatic carbocycles. The number of nitrogens with one attached hydrogen (secondary N) is 1. The van der Waals surface area contributed by atoms with Crippen LogP contribution >= 0.6 is 0 Å². The molecule has 3 heteroatoms. The van der Waals surface area contributed by atoms with Gasteiger partial charge >= 0.3 is 0 Å². The number of nitrogens with zero attached hydrogens (tertiary/aromatic N) is 1. The summed E-state index contributed by atoms with van der Waals surface area (Å²) in [4.78, 5) is 4.03. The van der Waals surface area contributed by atoms with E-state index in [-0.39, 0.29) is 0 Å². The van der Waals surface area contributed by atoms with Gasteiger partial charge in [0.2, 0.25) is 0 Å². The molecule has 0 aliphatic carbocycles. The van der Waals surface area contributed by atoms with E-state index < -0.39 is 6.23 Å². The Morgan fingerprint density at radius 2 is 2.15 bits per heavy atom. The van der Waals surface area contributed by atoms with Gasteiger partial charge in [0, 0.05) is 11.3 Å². The van der Waals surface area contributed by atoms with Crippen LogP contribution < -0.4 is 5.32 Å². The lowest BCUT2D eigenvalue weighted by molar-refractivity contribution is 0.188. The van der Waals surface area contributed by atoms with Crippen LogP contribution in [-0.2, 0) is 0 Å². The van der Waals surface area contributed by atoms with Crippen LogP contribution in [0.15, 0.2) is 23.2 Å². The van der Waals surface area contributed by atoms with Crippen molar-refractivity contribution in [3.05, 3.63) is 29.3 Å². The Bertz CT molecular complexity index is 371. The molecule has 68 valence electrons. The minimum atomic E-state index is -0.712. The monoisotopic (exact) mass is 176 g/mol. The van der Waals surface area contributed by atoms with Crippen molar-refractivity contribution < 1.29 is 5.11 Å². The largest absolute Gasteiger partial charge is 0.368 e. The number of benzene rings is 1. The van der Waals surface area contributed by atoms with Crippen LogP contribution in [0.25, 0.3) is 0 Å². The number of aliphatic imine (C=N–C) groups is 1. The predicted molar refractivity (Wildman–Crippen MR) is 52.9 cm³/mol. The Labute approximate surface area is 77.1 Å². The molecule has 1 heterocycles. The quantitative estimate of drug-likeness (QED) is 0.633. The highest BCUT2D eigenvalue weighted by atomic mass is 16.3. The SMILES string of the molecule is CC1=NC(O)c2cc(C)ccc2N1. The third-order valence-electron chi connectivity index (χ3n) is 2.12. The van der Waals surface area contributed by atoms with E-state index in [2.05, 4.69) is 10.3 Å². The maximum Gasteiger partial charge on any atom is 0.175 e. The summed E-state index contributed by atoms with van der Waals surface area (Å²) in [5.41, 5.74) is 2.94. The van der Waals surface area contributed by atoms with Gasteiger partial charge < -0.3 is 10.4 Å². The van der Waals surface area contributed by atoms with Crippen molar-refractivity contribution in [1.82, 2.24) is 0 Å². The van der Waals surface area contributed by atoms with Crippen LogP contribution in [0.2, 0.25) is 0 Å². The first kappa shape index (κ1) is 8.26. The summed E-state index contributed by atoms with van der Waals surface area (Å²) in [6.07, 6.45) is -0.712. The molecule has 0 fully saturated rings. The Balaban J connectivity index is 2.50. The number of aliphatic hydroxyl groups excluding tert-OH is 1. The summed E-state index contributed by atoms with van der Waals surface area (Å²) in [5, 5.41) is 12.7.